The van der Waals surface area contributed by atoms with Crippen LogP contribution in [0.1, 0.15) is 39.3 Å². The number of ether oxygens (including phenoxy) is 2. The van der Waals surface area contributed by atoms with Gasteiger partial charge in [-0.2, -0.15) is 0 Å². The first-order valence-corrected chi connectivity index (χ1v) is 12.2. The zero-order valence-corrected chi connectivity index (χ0v) is 21.3. The molecule has 4 amide bonds. The third-order valence-electron chi connectivity index (χ3n) is 6.37. The topological polar surface area (TPSA) is 103 Å². The van der Waals surface area contributed by atoms with Gasteiger partial charge in [0, 0.05) is 51.0 Å². The van der Waals surface area contributed by atoms with Gasteiger partial charge >= 0.3 is 18.0 Å². The fourth-order valence-corrected chi connectivity index (χ4v) is 4.65. The second kappa shape index (κ2) is 11.9. The highest BCUT2D eigenvalue weighted by Gasteiger charge is 2.39. The molecule has 2 N–H and O–H groups in total. The largest absolute Gasteiger partial charge is 0.497 e. The number of rotatable bonds is 8. The molecule has 1 fully saturated rings. The van der Waals surface area contributed by atoms with Crippen LogP contribution in [0.15, 0.2) is 35.5 Å². The van der Waals surface area contributed by atoms with Crippen molar-refractivity contribution in [1.82, 2.24) is 25.3 Å². The van der Waals surface area contributed by atoms with Gasteiger partial charge < -0.3 is 25.0 Å². The van der Waals surface area contributed by atoms with E-state index in [-0.39, 0.29) is 24.7 Å². The molecule has 35 heavy (non-hydrogen) atoms. The summed E-state index contributed by atoms with van der Waals surface area (Å²) in [6.07, 6.45) is 0. The van der Waals surface area contributed by atoms with E-state index in [0.29, 0.717) is 56.3 Å². The number of likely N-dealkylation sites (N-methyl/N-ethyl adjacent to an activating group) is 1. The summed E-state index contributed by atoms with van der Waals surface area (Å²) in [5.74, 6) is 0.239. The molecule has 2 unspecified atom stereocenters. The molecule has 1 aromatic rings. The maximum Gasteiger partial charge on any atom is 0.338 e. The molecule has 0 aromatic heterocycles. The van der Waals surface area contributed by atoms with Gasteiger partial charge in [-0.3, -0.25) is 9.80 Å². The van der Waals surface area contributed by atoms with Crippen molar-refractivity contribution >= 4 is 18.0 Å². The van der Waals surface area contributed by atoms with Gasteiger partial charge in [0.05, 0.1) is 25.3 Å². The Bertz CT molecular complexity index is 948. The van der Waals surface area contributed by atoms with Crippen LogP contribution in [-0.4, -0.2) is 91.8 Å². The highest BCUT2D eigenvalue weighted by Crippen LogP contribution is 2.33. The Balaban J connectivity index is 1.96. The summed E-state index contributed by atoms with van der Waals surface area (Å²) in [5.41, 5.74) is 1.83. The number of esters is 1. The van der Waals surface area contributed by atoms with E-state index in [1.807, 2.05) is 37.8 Å². The molecule has 1 saturated heterocycles. The Morgan fingerprint density at radius 2 is 1.86 bits per heavy atom. The highest BCUT2D eigenvalue weighted by molar-refractivity contribution is 5.95. The van der Waals surface area contributed by atoms with Gasteiger partial charge in [0.25, 0.3) is 0 Å². The van der Waals surface area contributed by atoms with Crippen molar-refractivity contribution in [3.05, 3.63) is 41.1 Å². The number of hydrogen-bond acceptors (Lipinski definition) is 6. The number of hydrogen-bond donors (Lipinski definition) is 2. The quantitative estimate of drug-likeness (QED) is 0.546. The number of urea groups is 2. The SMILES string of the molecule is CCNC(=O)N1CCN(CC2=C(C(=O)OCC)C(c3ccc(OC)cc3)NC(=O)N2CC)CC1C. The third-order valence-corrected chi connectivity index (χ3v) is 6.37. The van der Waals surface area contributed by atoms with Crippen LogP contribution < -0.4 is 15.4 Å². The van der Waals surface area contributed by atoms with Crippen LogP contribution in [0.25, 0.3) is 0 Å². The molecule has 2 aliphatic heterocycles. The van der Waals surface area contributed by atoms with E-state index in [1.165, 1.54) is 0 Å². The molecule has 2 heterocycles. The average Bonchev–Trinajstić information content (AvgIpc) is 2.84. The fraction of sp³-hybridized carbons (Fsp3) is 0.560. The summed E-state index contributed by atoms with van der Waals surface area (Å²) >= 11 is 0. The Morgan fingerprint density at radius 1 is 1.14 bits per heavy atom. The fourth-order valence-electron chi connectivity index (χ4n) is 4.65. The Labute approximate surface area is 207 Å². The van der Waals surface area contributed by atoms with Gasteiger partial charge in [0.15, 0.2) is 0 Å². The smallest absolute Gasteiger partial charge is 0.338 e. The van der Waals surface area contributed by atoms with E-state index < -0.39 is 12.0 Å². The van der Waals surface area contributed by atoms with Crippen LogP contribution >= 0.6 is 0 Å². The summed E-state index contributed by atoms with van der Waals surface area (Å²) in [7, 11) is 1.59. The van der Waals surface area contributed by atoms with E-state index in [1.54, 1.807) is 31.1 Å². The minimum Gasteiger partial charge on any atom is -0.497 e. The molecule has 3 rings (SSSR count). The summed E-state index contributed by atoms with van der Waals surface area (Å²) in [4.78, 5) is 44.3. The van der Waals surface area contributed by atoms with E-state index in [9.17, 15) is 14.4 Å². The molecule has 2 aliphatic rings. The predicted octanol–water partition coefficient (Wildman–Crippen LogP) is 2.33. The first kappa shape index (κ1) is 26.3. The lowest BCUT2D eigenvalue weighted by atomic mass is 9.94. The predicted molar refractivity (Wildman–Crippen MR) is 132 cm³/mol. The lowest BCUT2D eigenvalue weighted by Gasteiger charge is -2.42. The molecule has 0 spiro atoms. The number of amides is 4. The molecule has 0 bridgehead atoms. The first-order chi connectivity index (χ1) is 16.8. The van der Waals surface area contributed by atoms with Crippen molar-refractivity contribution in [3.8, 4) is 5.75 Å². The van der Waals surface area contributed by atoms with Gasteiger partial charge in [0.2, 0.25) is 0 Å². The molecule has 10 nitrogen and oxygen atoms in total. The average molecular weight is 488 g/mol. The number of benzene rings is 1. The normalized spacial score (nSPS) is 21.0. The van der Waals surface area contributed by atoms with Crippen molar-refractivity contribution < 1.29 is 23.9 Å². The van der Waals surface area contributed by atoms with Crippen LogP contribution in [0.5, 0.6) is 5.75 Å². The number of carbonyl (C=O) groups excluding carboxylic acids is 3. The molecule has 2 atom stereocenters. The molecule has 10 heteroatoms. The summed E-state index contributed by atoms with van der Waals surface area (Å²) in [6.45, 7) is 11.0. The monoisotopic (exact) mass is 487 g/mol. The standard InChI is InChI=1S/C25H37N5O5/c1-6-26-24(32)30-14-13-28(15-17(30)4)16-20-21(23(31)35-8-3)22(27-25(33)29(20)7-2)18-9-11-19(34-5)12-10-18/h9-12,17,22H,6-8,13-16H2,1-5H3,(H,26,32)(H,27,33). The molecule has 0 saturated carbocycles. The van der Waals surface area contributed by atoms with Crippen molar-refractivity contribution in [2.24, 2.45) is 0 Å². The number of nitrogens with one attached hydrogen (secondary N) is 2. The maximum absolute atomic E-state index is 13.2. The number of methoxy groups -OCH3 is 1. The molecule has 0 aliphatic carbocycles. The van der Waals surface area contributed by atoms with Gasteiger partial charge in [-0.1, -0.05) is 12.1 Å². The maximum atomic E-state index is 13.2. The van der Waals surface area contributed by atoms with E-state index in [2.05, 4.69) is 15.5 Å². The van der Waals surface area contributed by atoms with Crippen LogP contribution in [-0.2, 0) is 9.53 Å². The van der Waals surface area contributed by atoms with Crippen molar-refractivity contribution in [1.29, 1.82) is 0 Å². The third kappa shape index (κ3) is 5.87. The Kier molecular flexibility index (Phi) is 8.97. The summed E-state index contributed by atoms with van der Waals surface area (Å²) in [6, 6.07) is 6.32. The van der Waals surface area contributed by atoms with E-state index >= 15 is 0 Å². The van der Waals surface area contributed by atoms with Crippen LogP contribution in [0.4, 0.5) is 9.59 Å². The first-order valence-electron chi connectivity index (χ1n) is 12.2. The zero-order valence-electron chi connectivity index (χ0n) is 21.3. The van der Waals surface area contributed by atoms with Crippen LogP contribution in [0, 0.1) is 0 Å². The molecule has 192 valence electrons. The minimum atomic E-state index is -0.640. The van der Waals surface area contributed by atoms with Crippen molar-refractivity contribution in [2.75, 3.05) is 53.0 Å². The number of carbonyl (C=O) groups is 3. The molecule has 0 radical (unpaired) electrons. The van der Waals surface area contributed by atoms with Crippen molar-refractivity contribution in [2.45, 2.75) is 39.8 Å². The minimum absolute atomic E-state index is 0.00757. The summed E-state index contributed by atoms with van der Waals surface area (Å²) in [5, 5.41) is 5.84. The number of nitrogens with zero attached hydrogens (tertiary/aromatic N) is 3. The molecular weight excluding hydrogens is 450 g/mol. The van der Waals surface area contributed by atoms with Gasteiger partial charge in [-0.25, -0.2) is 14.4 Å². The van der Waals surface area contributed by atoms with E-state index in [4.69, 9.17) is 9.47 Å². The molecular formula is C25H37N5O5. The molecule has 1 aromatic carbocycles. The summed E-state index contributed by atoms with van der Waals surface area (Å²) < 4.78 is 10.7. The highest BCUT2D eigenvalue weighted by atomic mass is 16.5. The second-order valence-electron chi connectivity index (χ2n) is 8.59. The van der Waals surface area contributed by atoms with Gasteiger partial charge in [0.1, 0.15) is 5.75 Å². The van der Waals surface area contributed by atoms with Gasteiger partial charge in [-0.15, -0.1) is 0 Å². The Morgan fingerprint density at radius 3 is 2.43 bits per heavy atom. The second-order valence-corrected chi connectivity index (χ2v) is 8.59. The Hall–Kier alpha value is -3.27. The lowest BCUT2D eigenvalue weighted by Crippen LogP contribution is -2.58. The lowest BCUT2D eigenvalue weighted by molar-refractivity contribution is -0.139. The van der Waals surface area contributed by atoms with E-state index in [0.717, 1.165) is 5.56 Å². The van der Waals surface area contributed by atoms with Crippen LogP contribution in [0.2, 0.25) is 0 Å². The number of piperazine rings is 1. The van der Waals surface area contributed by atoms with Crippen molar-refractivity contribution in [3.63, 3.8) is 0 Å². The zero-order chi connectivity index (χ0) is 25.5. The van der Waals surface area contributed by atoms with Gasteiger partial charge in [-0.05, 0) is 45.4 Å². The van der Waals surface area contributed by atoms with Crippen LogP contribution in [0.3, 0.4) is 0 Å².